The van der Waals surface area contributed by atoms with Gasteiger partial charge in [-0.05, 0) is 59.6 Å². The Hall–Kier alpha value is -4.28. The topological polar surface area (TPSA) is 152 Å². The van der Waals surface area contributed by atoms with Crippen LogP contribution >= 0.6 is 0 Å². The highest BCUT2D eigenvalue weighted by Gasteiger charge is 2.33. The number of rotatable bonds is 13. The highest BCUT2D eigenvalue weighted by atomic mass is 16.5. The van der Waals surface area contributed by atoms with Gasteiger partial charge in [0.15, 0.2) is 11.5 Å². The molecule has 0 aliphatic heterocycles. The number of carboxylic acids is 1. The van der Waals surface area contributed by atoms with Crippen molar-refractivity contribution in [2.45, 2.75) is 78.4 Å². The molecule has 0 aromatic heterocycles. The van der Waals surface area contributed by atoms with Crippen LogP contribution in [0.1, 0.15) is 71.0 Å². The normalized spacial score (nSPS) is 16.5. The molecule has 11 heteroatoms. The van der Waals surface area contributed by atoms with E-state index in [-0.39, 0.29) is 28.9 Å². The standard InChI is InChI=1S/C33H45N3O8/c1-9-17(3)28(32(39)36-29(33(40)41)18(4)10-2)35-24-14-12-21-22(16-25(24)38)23(34-19(5)37)13-11-20-15-26(42-6)30(43-7)31(44-8)27(20)21/h12,14-18,23,28-29H,9-11,13H2,1-8H3,(H,34,37)(H,35,38)(H,36,39)(H,40,41)/t17-,18+,23-,28-,29-/m1/s1. The van der Waals surface area contributed by atoms with Crippen molar-refractivity contribution in [1.29, 1.82) is 0 Å². The molecule has 0 saturated heterocycles. The summed E-state index contributed by atoms with van der Waals surface area (Å²) in [5.74, 6) is -1.05. The minimum absolute atomic E-state index is 0.163. The lowest BCUT2D eigenvalue weighted by Crippen LogP contribution is -2.52. The van der Waals surface area contributed by atoms with Crippen LogP contribution in [-0.2, 0) is 20.8 Å². The maximum absolute atomic E-state index is 13.8. The number of aliphatic carboxylic acids is 1. The van der Waals surface area contributed by atoms with Crippen molar-refractivity contribution in [3.63, 3.8) is 0 Å². The van der Waals surface area contributed by atoms with Crippen LogP contribution in [0.2, 0.25) is 0 Å². The van der Waals surface area contributed by atoms with Gasteiger partial charge in [-0.1, -0.05) is 46.6 Å². The van der Waals surface area contributed by atoms with Crippen LogP contribution in [0.3, 0.4) is 0 Å². The lowest BCUT2D eigenvalue weighted by molar-refractivity contribution is -0.143. The van der Waals surface area contributed by atoms with Crippen molar-refractivity contribution in [1.82, 2.24) is 10.6 Å². The molecule has 1 aliphatic carbocycles. The Labute approximate surface area is 258 Å². The van der Waals surface area contributed by atoms with Crippen LogP contribution in [0, 0.1) is 11.8 Å². The van der Waals surface area contributed by atoms with Crippen LogP contribution in [0.4, 0.5) is 5.69 Å². The first-order valence-corrected chi connectivity index (χ1v) is 15.0. The zero-order valence-corrected chi connectivity index (χ0v) is 26.8. The average Bonchev–Trinajstić information content (AvgIpc) is 3.24. The predicted octanol–water partition coefficient (Wildman–Crippen LogP) is 4.31. The molecule has 0 unspecified atom stereocenters. The first-order chi connectivity index (χ1) is 20.9. The number of aryl methyl sites for hydroxylation is 1. The molecule has 2 aromatic rings. The number of carboxylic acid groups (broad SMARTS) is 1. The summed E-state index contributed by atoms with van der Waals surface area (Å²) >= 11 is 0. The van der Waals surface area contributed by atoms with Gasteiger partial charge in [0.1, 0.15) is 12.1 Å². The Kier molecular flexibility index (Phi) is 11.6. The van der Waals surface area contributed by atoms with E-state index in [1.807, 2.05) is 26.8 Å². The third kappa shape index (κ3) is 7.26. The lowest BCUT2D eigenvalue weighted by atomic mass is 9.95. The maximum atomic E-state index is 13.8. The number of nitrogens with one attached hydrogen (secondary N) is 3. The van der Waals surface area contributed by atoms with Gasteiger partial charge in [0, 0.05) is 12.5 Å². The van der Waals surface area contributed by atoms with E-state index in [4.69, 9.17) is 14.2 Å². The average molecular weight is 612 g/mol. The number of fused-ring (bicyclic) bond motifs is 3. The highest BCUT2D eigenvalue weighted by molar-refractivity contribution is 5.89. The van der Waals surface area contributed by atoms with Crippen LogP contribution in [0.25, 0.3) is 11.1 Å². The Morgan fingerprint density at radius 2 is 1.59 bits per heavy atom. The number of carbonyl (C=O) groups is 3. The van der Waals surface area contributed by atoms with E-state index in [0.29, 0.717) is 59.6 Å². The maximum Gasteiger partial charge on any atom is 0.326 e. The molecule has 4 N–H and O–H groups in total. The third-order valence-electron chi connectivity index (χ3n) is 8.50. The highest BCUT2D eigenvalue weighted by Crippen LogP contribution is 2.50. The zero-order chi connectivity index (χ0) is 32.7. The Balaban J connectivity index is 2.21. The molecule has 2 amide bonds. The largest absolute Gasteiger partial charge is 0.493 e. The summed E-state index contributed by atoms with van der Waals surface area (Å²) < 4.78 is 17.1. The van der Waals surface area contributed by atoms with Crippen LogP contribution in [0.5, 0.6) is 17.2 Å². The van der Waals surface area contributed by atoms with Gasteiger partial charge in [-0.15, -0.1) is 0 Å². The molecule has 44 heavy (non-hydrogen) atoms. The van der Waals surface area contributed by atoms with Gasteiger partial charge >= 0.3 is 5.97 Å². The van der Waals surface area contributed by atoms with Gasteiger partial charge in [0.05, 0.1) is 33.1 Å². The summed E-state index contributed by atoms with van der Waals surface area (Å²) in [5.41, 5.74) is 2.63. The third-order valence-corrected chi connectivity index (χ3v) is 8.50. The fraction of sp³-hybridized carbons (Fsp3) is 0.515. The summed E-state index contributed by atoms with van der Waals surface area (Å²) in [5, 5.41) is 18.5. The molecule has 3 rings (SSSR count). The monoisotopic (exact) mass is 611 g/mol. The second-order valence-electron chi connectivity index (χ2n) is 11.3. The SMILES string of the molecule is CC[C@@H](C)[C@@H](Nc1ccc2c(cc1=O)[C@H](NC(C)=O)CCc1cc(OC)c(OC)c(OC)c1-2)C(=O)N[C@@H](C(=O)O)[C@@H](C)CC. The van der Waals surface area contributed by atoms with Crippen molar-refractivity contribution in [2.24, 2.45) is 11.8 Å². The van der Waals surface area contributed by atoms with Crippen molar-refractivity contribution in [3.05, 3.63) is 45.6 Å². The fourth-order valence-corrected chi connectivity index (χ4v) is 5.62. The molecule has 2 aromatic carbocycles. The summed E-state index contributed by atoms with van der Waals surface area (Å²) in [6, 6.07) is 4.32. The summed E-state index contributed by atoms with van der Waals surface area (Å²) in [6.45, 7) is 8.85. The lowest BCUT2D eigenvalue weighted by Gasteiger charge is -2.27. The molecule has 0 heterocycles. The molecule has 0 fully saturated rings. The van der Waals surface area contributed by atoms with E-state index in [1.165, 1.54) is 27.2 Å². The number of anilines is 1. The number of amides is 2. The van der Waals surface area contributed by atoms with Crippen molar-refractivity contribution in [3.8, 4) is 28.4 Å². The summed E-state index contributed by atoms with van der Waals surface area (Å²) in [4.78, 5) is 51.5. The van der Waals surface area contributed by atoms with E-state index < -0.39 is 30.0 Å². The number of benzene rings is 1. The predicted molar refractivity (Wildman–Crippen MR) is 169 cm³/mol. The van der Waals surface area contributed by atoms with Crippen molar-refractivity contribution in [2.75, 3.05) is 26.6 Å². The van der Waals surface area contributed by atoms with Crippen molar-refractivity contribution < 1.29 is 33.7 Å². The van der Waals surface area contributed by atoms with Gasteiger partial charge < -0.3 is 35.3 Å². The molecule has 0 spiro atoms. The van der Waals surface area contributed by atoms with Gasteiger partial charge in [-0.2, -0.15) is 0 Å². The molecular weight excluding hydrogens is 566 g/mol. The fourth-order valence-electron chi connectivity index (χ4n) is 5.62. The molecule has 5 atom stereocenters. The quantitative estimate of drug-likeness (QED) is 0.260. The van der Waals surface area contributed by atoms with E-state index in [9.17, 15) is 24.3 Å². The Bertz CT molecular complexity index is 1440. The number of ether oxygens (including phenoxy) is 3. The molecular formula is C33H45N3O8. The van der Waals surface area contributed by atoms with Gasteiger partial charge in [0.25, 0.3) is 0 Å². The second kappa shape index (κ2) is 14.9. The molecule has 11 nitrogen and oxygen atoms in total. The van der Waals surface area contributed by atoms with Crippen molar-refractivity contribution >= 4 is 23.5 Å². The van der Waals surface area contributed by atoms with E-state index in [1.54, 1.807) is 26.2 Å². The Morgan fingerprint density at radius 1 is 0.955 bits per heavy atom. The van der Waals surface area contributed by atoms with Gasteiger partial charge in [0.2, 0.25) is 23.0 Å². The van der Waals surface area contributed by atoms with Gasteiger partial charge in [-0.25, -0.2) is 4.79 Å². The van der Waals surface area contributed by atoms with Gasteiger partial charge in [-0.3, -0.25) is 14.4 Å². The van der Waals surface area contributed by atoms with Crippen LogP contribution in [0.15, 0.2) is 29.1 Å². The first-order valence-electron chi connectivity index (χ1n) is 15.0. The molecule has 240 valence electrons. The molecule has 0 saturated carbocycles. The number of carbonyl (C=O) groups excluding carboxylic acids is 2. The number of hydrogen-bond acceptors (Lipinski definition) is 8. The molecule has 0 bridgehead atoms. The summed E-state index contributed by atoms with van der Waals surface area (Å²) in [7, 11) is 4.59. The van der Waals surface area contributed by atoms with E-state index in [2.05, 4.69) is 16.0 Å². The minimum atomic E-state index is -1.11. The van der Waals surface area contributed by atoms with E-state index >= 15 is 0 Å². The Morgan fingerprint density at radius 3 is 2.14 bits per heavy atom. The second-order valence-corrected chi connectivity index (χ2v) is 11.3. The molecule has 0 radical (unpaired) electrons. The first kappa shape index (κ1) is 34.2. The molecule has 1 aliphatic rings. The number of hydrogen-bond donors (Lipinski definition) is 4. The van der Waals surface area contributed by atoms with Crippen LogP contribution < -0.4 is 35.6 Å². The van der Waals surface area contributed by atoms with E-state index in [0.717, 1.165) is 5.56 Å². The minimum Gasteiger partial charge on any atom is -0.493 e. The van der Waals surface area contributed by atoms with Crippen LogP contribution in [-0.4, -0.2) is 56.3 Å². The number of methoxy groups -OCH3 is 3. The smallest absolute Gasteiger partial charge is 0.326 e. The summed E-state index contributed by atoms with van der Waals surface area (Å²) in [6.07, 6.45) is 2.24. The zero-order valence-electron chi connectivity index (χ0n) is 26.8.